The summed E-state index contributed by atoms with van der Waals surface area (Å²) >= 11 is 0. The van der Waals surface area contributed by atoms with Gasteiger partial charge in [-0.2, -0.15) is 4.98 Å². The van der Waals surface area contributed by atoms with Crippen LogP contribution < -0.4 is 5.32 Å². The van der Waals surface area contributed by atoms with E-state index in [9.17, 15) is 9.18 Å². The van der Waals surface area contributed by atoms with Crippen LogP contribution in [-0.4, -0.2) is 34.0 Å². The first-order valence-corrected chi connectivity index (χ1v) is 11.3. The number of anilines is 1. The number of aryl methyl sites for hydroxylation is 1. The molecule has 1 aliphatic rings. The third-order valence-electron chi connectivity index (χ3n) is 5.93. The Morgan fingerprint density at radius 1 is 1.12 bits per heavy atom. The molecule has 32 heavy (non-hydrogen) atoms. The summed E-state index contributed by atoms with van der Waals surface area (Å²) < 4.78 is 18.4. The first-order valence-electron chi connectivity index (χ1n) is 11.3. The molecule has 1 aromatic heterocycles. The van der Waals surface area contributed by atoms with Crippen LogP contribution in [0.3, 0.4) is 0 Å². The highest BCUT2D eigenvalue weighted by molar-refractivity contribution is 5.92. The number of benzene rings is 2. The summed E-state index contributed by atoms with van der Waals surface area (Å²) in [5, 5.41) is 7.05. The first-order chi connectivity index (χ1) is 15.6. The summed E-state index contributed by atoms with van der Waals surface area (Å²) in [4.78, 5) is 19.3. The van der Waals surface area contributed by atoms with E-state index < -0.39 is 0 Å². The molecule has 0 saturated carbocycles. The predicted molar refractivity (Wildman–Crippen MR) is 121 cm³/mol. The summed E-state index contributed by atoms with van der Waals surface area (Å²) in [7, 11) is 0. The molecule has 1 saturated heterocycles. The van der Waals surface area contributed by atoms with Crippen molar-refractivity contribution in [2.24, 2.45) is 5.92 Å². The Hall–Kier alpha value is -3.06. The number of hydrogen-bond acceptors (Lipinski definition) is 5. The van der Waals surface area contributed by atoms with Crippen LogP contribution in [0, 0.1) is 11.7 Å². The van der Waals surface area contributed by atoms with Gasteiger partial charge in [-0.25, -0.2) is 4.39 Å². The number of rotatable bonds is 8. The SMILES string of the molecule is CCCCc1ccc(NC(=O)C2CCN(Cc3nc(-c4ccc(F)cc4)no3)CC2)cc1. The van der Waals surface area contributed by atoms with Crippen LogP contribution in [0.15, 0.2) is 53.1 Å². The van der Waals surface area contributed by atoms with Crippen molar-refractivity contribution in [2.75, 3.05) is 18.4 Å². The molecule has 0 bridgehead atoms. The summed E-state index contributed by atoms with van der Waals surface area (Å²) in [6.45, 7) is 4.32. The Bertz CT molecular complexity index is 1010. The molecule has 2 heterocycles. The monoisotopic (exact) mass is 436 g/mol. The molecule has 0 aliphatic carbocycles. The van der Waals surface area contributed by atoms with Crippen LogP contribution in [-0.2, 0) is 17.8 Å². The Balaban J connectivity index is 1.24. The lowest BCUT2D eigenvalue weighted by molar-refractivity contribution is -0.121. The summed E-state index contributed by atoms with van der Waals surface area (Å²) in [5.74, 6) is 0.768. The van der Waals surface area contributed by atoms with Crippen LogP contribution in [0.5, 0.6) is 0 Å². The number of halogens is 1. The van der Waals surface area contributed by atoms with E-state index in [1.807, 2.05) is 12.1 Å². The number of nitrogens with one attached hydrogen (secondary N) is 1. The van der Waals surface area contributed by atoms with Crippen LogP contribution in [0.1, 0.15) is 44.1 Å². The van der Waals surface area contributed by atoms with Crippen LogP contribution in [0.4, 0.5) is 10.1 Å². The van der Waals surface area contributed by atoms with E-state index in [2.05, 4.69) is 39.4 Å². The van der Waals surface area contributed by atoms with E-state index in [1.54, 1.807) is 12.1 Å². The van der Waals surface area contributed by atoms with Crippen LogP contribution >= 0.6 is 0 Å². The molecule has 1 fully saturated rings. The Morgan fingerprint density at radius 2 is 1.84 bits per heavy atom. The van der Waals surface area contributed by atoms with Gasteiger partial charge in [0.15, 0.2) is 0 Å². The van der Waals surface area contributed by atoms with Crippen molar-refractivity contribution in [3.8, 4) is 11.4 Å². The molecule has 168 valence electrons. The number of aromatic nitrogens is 2. The molecule has 4 rings (SSSR count). The fourth-order valence-corrected chi connectivity index (χ4v) is 3.96. The zero-order chi connectivity index (χ0) is 22.3. The van der Waals surface area contributed by atoms with Gasteiger partial charge in [0.05, 0.1) is 6.54 Å². The van der Waals surface area contributed by atoms with Gasteiger partial charge in [0.2, 0.25) is 17.6 Å². The molecule has 0 spiro atoms. The lowest BCUT2D eigenvalue weighted by Crippen LogP contribution is -2.37. The normalized spacial score (nSPS) is 15.1. The largest absolute Gasteiger partial charge is 0.338 e. The first kappa shape index (κ1) is 22.1. The number of carbonyl (C=O) groups excluding carboxylic acids is 1. The van der Waals surface area contributed by atoms with E-state index in [0.29, 0.717) is 18.3 Å². The quantitative estimate of drug-likeness (QED) is 0.534. The highest BCUT2D eigenvalue weighted by atomic mass is 19.1. The lowest BCUT2D eigenvalue weighted by atomic mass is 9.95. The van der Waals surface area contributed by atoms with E-state index in [1.165, 1.54) is 30.5 Å². The third-order valence-corrected chi connectivity index (χ3v) is 5.93. The van der Waals surface area contributed by atoms with Crippen molar-refractivity contribution in [3.63, 3.8) is 0 Å². The maximum Gasteiger partial charge on any atom is 0.241 e. The van der Waals surface area contributed by atoms with Crippen molar-refractivity contribution in [1.82, 2.24) is 15.0 Å². The number of nitrogens with zero attached hydrogens (tertiary/aromatic N) is 3. The lowest BCUT2D eigenvalue weighted by Gasteiger charge is -2.30. The molecule has 0 radical (unpaired) electrons. The average molecular weight is 437 g/mol. The van der Waals surface area contributed by atoms with E-state index >= 15 is 0 Å². The van der Waals surface area contributed by atoms with E-state index in [4.69, 9.17) is 4.52 Å². The summed E-state index contributed by atoms with van der Waals surface area (Å²) in [5.41, 5.74) is 2.88. The topological polar surface area (TPSA) is 71.3 Å². The predicted octanol–water partition coefficient (Wildman–Crippen LogP) is 5.07. The van der Waals surface area contributed by atoms with Gasteiger partial charge in [-0.05, 0) is 80.7 Å². The molecule has 6 nitrogen and oxygen atoms in total. The van der Waals surface area contributed by atoms with Crippen molar-refractivity contribution in [3.05, 3.63) is 65.8 Å². The van der Waals surface area contributed by atoms with E-state index in [0.717, 1.165) is 43.6 Å². The van der Waals surface area contributed by atoms with Gasteiger partial charge in [0, 0.05) is 17.2 Å². The van der Waals surface area contributed by atoms with Crippen molar-refractivity contribution >= 4 is 11.6 Å². The number of likely N-dealkylation sites (tertiary alicyclic amines) is 1. The minimum Gasteiger partial charge on any atom is -0.338 e. The molecule has 0 atom stereocenters. The van der Waals surface area contributed by atoms with Gasteiger partial charge in [-0.1, -0.05) is 30.6 Å². The molecule has 0 unspecified atom stereocenters. The summed E-state index contributed by atoms with van der Waals surface area (Å²) in [6, 6.07) is 14.2. The molecule has 2 aromatic carbocycles. The minimum atomic E-state index is -0.298. The second-order valence-corrected chi connectivity index (χ2v) is 8.36. The van der Waals surface area contributed by atoms with E-state index in [-0.39, 0.29) is 17.6 Å². The Kier molecular flexibility index (Phi) is 7.27. The smallest absolute Gasteiger partial charge is 0.241 e. The molecule has 1 aliphatic heterocycles. The Labute approximate surface area is 187 Å². The van der Waals surface area contributed by atoms with Crippen molar-refractivity contribution in [2.45, 2.75) is 45.6 Å². The van der Waals surface area contributed by atoms with Gasteiger partial charge in [-0.15, -0.1) is 0 Å². The van der Waals surface area contributed by atoms with Crippen LogP contribution in [0.25, 0.3) is 11.4 Å². The second-order valence-electron chi connectivity index (χ2n) is 8.36. The highest BCUT2D eigenvalue weighted by Gasteiger charge is 2.26. The van der Waals surface area contributed by atoms with Crippen LogP contribution in [0.2, 0.25) is 0 Å². The van der Waals surface area contributed by atoms with Crippen molar-refractivity contribution < 1.29 is 13.7 Å². The Morgan fingerprint density at radius 3 is 2.53 bits per heavy atom. The molecule has 3 aromatic rings. The third kappa shape index (κ3) is 5.79. The highest BCUT2D eigenvalue weighted by Crippen LogP contribution is 2.22. The number of unbranched alkanes of at least 4 members (excludes halogenated alkanes) is 1. The zero-order valence-electron chi connectivity index (χ0n) is 18.4. The molecule has 1 N–H and O–H groups in total. The fourth-order valence-electron chi connectivity index (χ4n) is 3.96. The second kappa shape index (κ2) is 10.5. The average Bonchev–Trinajstić information content (AvgIpc) is 3.28. The van der Waals surface area contributed by atoms with Gasteiger partial charge in [-0.3, -0.25) is 9.69 Å². The summed E-state index contributed by atoms with van der Waals surface area (Å²) in [6.07, 6.45) is 5.02. The van der Waals surface area contributed by atoms with Crippen molar-refractivity contribution in [1.29, 1.82) is 0 Å². The maximum absolute atomic E-state index is 13.1. The maximum atomic E-state index is 13.1. The molecule has 1 amide bonds. The standard InChI is InChI=1S/C25H29FN4O2/c1-2-3-4-18-5-11-22(12-6-18)27-25(31)20-13-15-30(16-14-20)17-23-28-24(29-32-23)19-7-9-21(26)10-8-19/h5-12,20H,2-4,13-17H2,1H3,(H,27,31). The fraction of sp³-hybridized carbons (Fsp3) is 0.400. The number of amides is 1. The van der Waals surface area contributed by atoms with Gasteiger partial charge in [0.1, 0.15) is 5.82 Å². The molecular weight excluding hydrogens is 407 g/mol. The zero-order valence-corrected chi connectivity index (χ0v) is 18.4. The molecule has 7 heteroatoms. The van der Waals surface area contributed by atoms with Gasteiger partial charge in [0.25, 0.3) is 0 Å². The number of piperidine rings is 1. The number of hydrogen-bond donors (Lipinski definition) is 1. The van der Waals surface area contributed by atoms with Gasteiger partial charge >= 0.3 is 0 Å². The van der Waals surface area contributed by atoms with Gasteiger partial charge < -0.3 is 9.84 Å². The minimum absolute atomic E-state index is 0.00322. The number of carbonyl (C=O) groups is 1. The molecular formula is C25H29FN4O2.